The van der Waals surface area contributed by atoms with E-state index in [4.69, 9.17) is 0 Å². The summed E-state index contributed by atoms with van der Waals surface area (Å²) < 4.78 is 0. The molecule has 0 aliphatic carbocycles. The minimum atomic E-state index is 0.289. The summed E-state index contributed by atoms with van der Waals surface area (Å²) in [6.07, 6.45) is 0.930. The molecule has 3 aromatic rings. The largest absolute Gasteiger partial charge is 0.508 e. The highest BCUT2D eigenvalue weighted by atomic mass is 16.3. The van der Waals surface area contributed by atoms with Crippen molar-refractivity contribution in [1.82, 2.24) is 0 Å². The van der Waals surface area contributed by atoms with E-state index >= 15 is 0 Å². The molecule has 0 aliphatic rings. The summed E-state index contributed by atoms with van der Waals surface area (Å²) in [4.78, 5) is 0. The van der Waals surface area contributed by atoms with E-state index in [1.165, 1.54) is 22.3 Å². The van der Waals surface area contributed by atoms with Crippen LogP contribution in [0.4, 0.5) is 0 Å². The number of aromatic hydroxyl groups is 2. The molecule has 2 nitrogen and oxygen atoms in total. The summed E-state index contributed by atoms with van der Waals surface area (Å²) >= 11 is 0. The summed E-state index contributed by atoms with van der Waals surface area (Å²) in [6.45, 7) is 6.72. The molecule has 134 valence electrons. The molecule has 0 spiro atoms. The topological polar surface area (TPSA) is 40.5 Å². The van der Waals surface area contributed by atoms with Gasteiger partial charge in [-0.15, -0.1) is 0 Å². The third-order valence-electron chi connectivity index (χ3n) is 4.90. The highest BCUT2D eigenvalue weighted by molar-refractivity contribution is 5.70. The van der Waals surface area contributed by atoms with Crippen LogP contribution >= 0.6 is 0 Å². The second kappa shape index (κ2) is 7.65. The van der Waals surface area contributed by atoms with Gasteiger partial charge in [0, 0.05) is 0 Å². The van der Waals surface area contributed by atoms with Gasteiger partial charge < -0.3 is 10.2 Å². The normalized spacial score (nSPS) is 12.3. The van der Waals surface area contributed by atoms with Gasteiger partial charge in [0.25, 0.3) is 0 Å². The number of rotatable bonds is 5. The molecule has 0 amide bonds. The van der Waals surface area contributed by atoms with Gasteiger partial charge in [-0.1, -0.05) is 63.2 Å². The predicted molar refractivity (Wildman–Crippen MR) is 108 cm³/mol. The quantitative estimate of drug-likeness (QED) is 0.574. The molecule has 0 radical (unpaired) electrons. The first-order valence-corrected chi connectivity index (χ1v) is 9.16. The number of hydrogen-bond donors (Lipinski definition) is 2. The van der Waals surface area contributed by atoms with Crippen molar-refractivity contribution in [1.29, 1.82) is 0 Å². The van der Waals surface area contributed by atoms with Crippen LogP contribution in [0.1, 0.15) is 49.3 Å². The number of benzene rings is 3. The van der Waals surface area contributed by atoms with E-state index in [2.05, 4.69) is 39.0 Å². The SMILES string of the molecule is CC(C)c1c(-c2ccc(O)cc2)cccc1C(C)Cc1ccc(O)cc1. The van der Waals surface area contributed by atoms with Gasteiger partial charge in [0.15, 0.2) is 0 Å². The van der Waals surface area contributed by atoms with Gasteiger partial charge in [-0.2, -0.15) is 0 Å². The average molecular weight is 346 g/mol. The minimum absolute atomic E-state index is 0.289. The Hall–Kier alpha value is -2.74. The molecule has 0 saturated carbocycles. The molecule has 0 aromatic heterocycles. The standard InChI is InChI=1S/C24H26O2/c1-16(2)24-22(17(3)15-18-7-11-20(25)12-8-18)5-4-6-23(24)19-9-13-21(26)14-10-19/h4-14,16-17,25-26H,15H2,1-3H3. The van der Waals surface area contributed by atoms with E-state index in [9.17, 15) is 10.2 Å². The Morgan fingerprint density at radius 1 is 0.731 bits per heavy atom. The lowest BCUT2D eigenvalue weighted by Crippen LogP contribution is -2.06. The van der Waals surface area contributed by atoms with Crippen LogP contribution < -0.4 is 0 Å². The van der Waals surface area contributed by atoms with Gasteiger partial charge in [0.1, 0.15) is 11.5 Å². The Bertz CT molecular complexity index is 862. The molecule has 1 atom stereocenters. The van der Waals surface area contributed by atoms with Crippen molar-refractivity contribution in [2.45, 2.75) is 39.0 Å². The van der Waals surface area contributed by atoms with E-state index < -0.39 is 0 Å². The predicted octanol–water partition coefficient (Wildman–Crippen LogP) is 6.23. The van der Waals surface area contributed by atoms with E-state index in [1.807, 2.05) is 24.3 Å². The Kier molecular flexibility index (Phi) is 5.32. The fourth-order valence-corrected chi connectivity index (χ4v) is 3.65. The summed E-state index contributed by atoms with van der Waals surface area (Å²) in [5.74, 6) is 1.36. The van der Waals surface area contributed by atoms with Crippen LogP contribution in [0.5, 0.6) is 11.5 Å². The molecule has 0 saturated heterocycles. The van der Waals surface area contributed by atoms with Crippen LogP contribution in [0.2, 0.25) is 0 Å². The first kappa shape index (κ1) is 18.1. The Labute approximate surface area is 155 Å². The lowest BCUT2D eigenvalue weighted by atomic mass is 9.82. The molecule has 2 N–H and O–H groups in total. The maximum absolute atomic E-state index is 9.59. The van der Waals surface area contributed by atoms with Crippen LogP contribution in [0, 0.1) is 0 Å². The molecule has 0 heterocycles. The summed E-state index contributed by atoms with van der Waals surface area (Å²) in [7, 11) is 0. The summed E-state index contributed by atoms with van der Waals surface area (Å²) in [6, 6.07) is 21.4. The van der Waals surface area contributed by atoms with Gasteiger partial charge in [-0.05, 0) is 70.3 Å². The van der Waals surface area contributed by atoms with Gasteiger partial charge >= 0.3 is 0 Å². The molecular formula is C24H26O2. The van der Waals surface area contributed by atoms with Crippen LogP contribution in [0.25, 0.3) is 11.1 Å². The van der Waals surface area contributed by atoms with Crippen molar-refractivity contribution in [3.05, 3.63) is 83.4 Å². The fourth-order valence-electron chi connectivity index (χ4n) is 3.65. The minimum Gasteiger partial charge on any atom is -0.508 e. The molecule has 0 bridgehead atoms. The van der Waals surface area contributed by atoms with Crippen molar-refractivity contribution >= 4 is 0 Å². The zero-order valence-electron chi connectivity index (χ0n) is 15.6. The first-order chi connectivity index (χ1) is 12.5. The lowest BCUT2D eigenvalue weighted by molar-refractivity contribution is 0.474. The molecule has 3 aromatic carbocycles. The van der Waals surface area contributed by atoms with Crippen molar-refractivity contribution in [3.8, 4) is 22.6 Å². The lowest BCUT2D eigenvalue weighted by Gasteiger charge is -2.23. The monoisotopic (exact) mass is 346 g/mol. The maximum atomic E-state index is 9.59. The Balaban J connectivity index is 1.99. The zero-order valence-corrected chi connectivity index (χ0v) is 15.6. The highest BCUT2D eigenvalue weighted by Gasteiger charge is 2.18. The fraction of sp³-hybridized carbons (Fsp3) is 0.250. The number of phenols is 2. The second-order valence-corrected chi connectivity index (χ2v) is 7.28. The van der Waals surface area contributed by atoms with Crippen LogP contribution in [-0.4, -0.2) is 10.2 Å². The molecule has 0 aliphatic heterocycles. The van der Waals surface area contributed by atoms with E-state index in [0.29, 0.717) is 17.6 Å². The summed E-state index contributed by atoms with van der Waals surface area (Å²) in [5, 5.41) is 19.1. The first-order valence-electron chi connectivity index (χ1n) is 9.16. The van der Waals surface area contributed by atoms with E-state index in [-0.39, 0.29) is 5.75 Å². The summed E-state index contributed by atoms with van der Waals surface area (Å²) in [5.41, 5.74) is 6.31. The smallest absolute Gasteiger partial charge is 0.115 e. The number of hydrogen-bond acceptors (Lipinski definition) is 2. The zero-order chi connectivity index (χ0) is 18.7. The second-order valence-electron chi connectivity index (χ2n) is 7.28. The van der Waals surface area contributed by atoms with Gasteiger partial charge in [-0.25, -0.2) is 0 Å². The van der Waals surface area contributed by atoms with Crippen LogP contribution in [0.15, 0.2) is 66.7 Å². The van der Waals surface area contributed by atoms with Crippen molar-refractivity contribution in [2.75, 3.05) is 0 Å². The third-order valence-corrected chi connectivity index (χ3v) is 4.90. The number of phenolic OH excluding ortho intramolecular Hbond substituents is 2. The van der Waals surface area contributed by atoms with E-state index in [1.54, 1.807) is 24.3 Å². The van der Waals surface area contributed by atoms with Gasteiger partial charge in [0.05, 0.1) is 0 Å². The van der Waals surface area contributed by atoms with Crippen LogP contribution in [-0.2, 0) is 6.42 Å². The van der Waals surface area contributed by atoms with Crippen molar-refractivity contribution in [2.24, 2.45) is 0 Å². The van der Waals surface area contributed by atoms with Crippen molar-refractivity contribution < 1.29 is 10.2 Å². The average Bonchev–Trinajstić information content (AvgIpc) is 2.63. The highest BCUT2D eigenvalue weighted by Crippen LogP contribution is 2.37. The molecular weight excluding hydrogens is 320 g/mol. The van der Waals surface area contributed by atoms with Crippen molar-refractivity contribution in [3.63, 3.8) is 0 Å². The Morgan fingerprint density at radius 3 is 1.88 bits per heavy atom. The maximum Gasteiger partial charge on any atom is 0.115 e. The van der Waals surface area contributed by atoms with Gasteiger partial charge in [0.2, 0.25) is 0 Å². The molecule has 3 rings (SSSR count). The molecule has 26 heavy (non-hydrogen) atoms. The third kappa shape index (κ3) is 3.91. The van der Waals surface area contributed by atoms with E-state index in [0.717, 1.165) is 12.0 Å². The molecule has 2 heteroatoms. The van der Waals surface area contributed by atoms with Gasteiger partial charge in [-0.3, -0.25) is 0 Å². The van der Waals surface area contributed by atoms with Crippen LogP contribution in [0.3, 0.4) is 0 Å². The Morgan fingerprint density at radius 2 is 1.31 bits per heavy atom. The molecule has 0 fully saturated rings. The molecule has 1 unspecified atom stereocenters.